The van der Waals surface area contributed by atoms with Crippen molar-refractivity contribution in [3.05, 3.63) is 36.1 Å². The van der Waals surface area contributed by atoms with Gasteiger partial charge in [-0.3, -0.25) is 14.5 Å². The van der Waals surface area contributed by atoms with Gasteiger partial charge in [0.05, 0.1) is 6.04 Å². The molecular formula is C25H33N3O4. The summed E-state index contributed by atoms with van der Waals surface area (Å²) in [5, 5.41) is 6.71. The fraction of sp³-hybridized carbons (Fsp3) is 0.560. The minimum Gasteiger partial charge on any atom is -0.459 e. The molecule has 172 valence electrons. The summed E-state index contributed by atoms with van der Waals surface area (Å²) in [6, 6.07) is 8.67. The van der Waals surface area contributed by atoms with Crippen molar-refractivity contribution >= 4 is 28.8 Å². The van der Waals surface area contributed by atoms with Gasteiger partial charge in [0.2, 0.25) is 5.91 Å². The Labute approximate surface area is 188 Å². The van der Waals surface area contributed by atoms with E-state index in [1.165, 1.54) is 0 Å². The molecule has 2 heterocycles. The number of hydrogen-bond donors (Lipinski definition) is 2. The Kier molecular flexibility index (Phi) is 5.77. The normalized spacial score (nSPS) is 24.8. The van der Waals surface area contributed by atoms with Crippen molar-refractivity contribution in [2.45, 2.75) is 71.4 Å². The molecule has 2 fully saturated rings. The molecule has 1 atom stereocenters. The number of furan rings is 1. The number of para-hydroxylation sites is 1. The van der Waals surface area contributed by atoms with E-state index < -0.39 is 11.6 Å². The maximum Gasteiger partial charge on any atom is 0.325 e. The number of nitrogens with zero attached hydrogens (tertiary/aromatic N) is 1. The van der Waals surface area contributed by atoms with Crippen LogP contribution >= 0.6 is 0 Å². The van der Waals surface area contributed by atoms with Crippen LogP contribution in [0.25, 0.3) is 11.0 Å². The molecule has 1 aliphatic heterocycles. The summed E-state index contributed by atoms with van der Waals surface area (Å²) in [6.07, 6.45) is 4.13. The predicted octanol–water partition coefficient (Wildman–Crippen LogP) is 4.53. The van der Waals surface area contributed by atoms with Crippen LogP contribution in [0, 0.1) is 11.3 Å². The molecule has 1 saturated heterocycles. The molecule has 1 aliphatic carbocycles. The Morgan fingerprint density at radius 1 is 1.28 bits per heavy atom. The molecule has 1 unspecified atom stereocenters. The monoisotopic (exact) mass is 439 g/mol. The van der Waals surface area contributed by atoms with Crippen LogP contribution in [0.15, 0.2) is 34.7 Å². The first-order chi connectivity index (χ1) is 15.1. The van der Waals surface area contributed by atoms with Crippen molar-refractivity contribution in [1.82, 2.24) is 15.5 Å². The van der Waals surface area contributed by atoms with Crippen molar-refractivity contribution < 1.29 is 18.8 Å². The number of amides is 4. The van der Waals surface area contributed by atoms with Crippen LogP contribution in [0.1, 0.15) is 71.6 Å². The molecule has 1 aromatic heterocycles. The van der Waals surface area contributed by atoms with Gasteiger partial charge >= 0.3 is 6.03 Å². The van der Waals surface area contributed by atoms with E-state index in [1.807, 2.05) is 37.3 Å². The number of urea groups is 1. The van der Waals surface area contributed by atoms with Gasteiger partial charge in [-0.1, -0.05) is 45.4 Å². The number of nitrogens with one attached hydrogen (secondary N) is 2. The molecule has 4 rings (SSSR count). The smallest absolute Gasteiger partial charge is 0.325 e. The van der Waals surface area contributed by atoms with Gasteiger partial charge in [0.25, 0.3) is 5.91 Å². The van der Waals surface area contributed by atoms with Crippen molar-refractivity contribution in [1.29, 1.82) is 0 Å². The zero-order valence-corrected chi connectivity index (χ0v) is 19.4. The highest BCUT2D eigenvalue weighted by molar-refractivity contribution is 6.09. The van der Waals surface area contributed by atoms with Crippen LogP contribution in [-0.2, 0) is 9.59 Å². The van der Waals surface area contributed by atoms with Crippen molar-refractivity contribution in [3.8, 4) is 0 Å². The molecular weight excluding hydrogens is 406 g/mol. The predicted molar refractivity (Wildman–Crippen MR) is 122 cm³/mol. The number of carbonyl (C=O) groups is 3. The number of benzene rings is 1. The van der Waals surface area contributed by atoms with Gasteiger partial charge in [-0.2, -0.15) is 0 Å². The average molecular weight is 440 g/mol. The molecule has 1 spiro atoms. The first-order valence-electron chi connectivity index (χ1n) is 11.6. The van der Waals surface area contributed by atoms with Gasteiger partial charge in [0.1, 0.15) is 23.4 Å². The van der Waals surface area contributed by atoms with Crippen LogP contribution < -0.4 is 10.6 Å². The molecule has 2 N–H and O–H groups in total. The highest BCUT2D eigenvalue weighted by Gasteiger charge is 2.53. The third-order valence-corrected chi connectivity index (χ3v) is 7.65. The van der Waals surface area contributed by atoms with Crippen molar-refractivity contribution in [2.24, 2.45) is 11.3 Å². The third kappa shape index (κ3) is 4.00. The molecule has 7 nitrogen and oxygen atoms in total. The quantitative estimate of drug-likeness (QED) is 0.647. The lowest BCUT2D eigenvalue weighted by Gasteiger charge is -2.42. The lowest BCUT2D eigenvalue weighted by Crippen LogP contribution is -2.51. The van der Waals surface area contributed by atoms with Gasteiger partial charge in [0.15, 0.2) is 0 Å². The summed E-state index contributed by atoms with van der Waals surface area (Å²) in [5.41, 5.74) is 0.114. The first-order valence-corrected chi connectivity index (χ1v) is 11.6. The van der Waals surface area contributed by atoms with Crippen LogP contribution in [0.5, 0.6) is 0 Å². The van der Waals surface area contributed by atoms with E-state index in [0.29, 0.717) is 24.5 Å². The number of imide groups is 1. The van der Waals surface area contributed by atoms with Crippen molar-refractivity contribution in [2.75, 3.05) is 6.54 Å². The average Bonchev–Trinajstić information content (AvgIpc) is 3.29. The maximum atomic E-state index is 13.2. The number of carbonyl (C=O) groups excluding carboxylic acids is 3. The van der Waals surface area contributed by atoms with Crippen LogP contribution in [0.3, 0.4) is 0 Å². The Bertz CT molecular complexity index is 1000. The number of hydrogen-bond acceptors (Lipinski definition) is 4. The van der Waals surface area contributed by atoms with Crippen molar-refractivity contribution in [3.63, 3.8) is 0 Å². The fourth-order valence-corrected chi connectivity index (χ4v) is 5.06. The zero-order chi connectivity index (χ0) is 23.1. The molecule has 0 radical (unpaired) electrons. The van der Waals surface area contributed by atoms with Gasteiger partial charge in [0, 0.05) is 5.39 Å². The van der Waals surface area contributed by atoms with Gasteiger partial charge < -0.3 is 15.1 Å². The molecule has 0 bridgehead atoms. The van der Waals surface area contributed by atoms with E-state index >= 15 is 0 Å². The molecule has 4 amide bonds. The van der Waals surface area contributed by atoms with Crippen LogP contribution in [-0.4, -0.2) is 34.8 Å². The summed E-state index contributed by atoms with van der Waals surface area (Å²) in [5.74, 6) is 0.496. The van der Waals surface area contributed by atoms with Gasteiger partial charge in [-0.25, -0.2) is 4.79 Å². The summed E-state index contributed by atoms with van der Waals surface area (Å²) in [4.78, 5) is 39.5. The van der Waals surface area contributed by atoms with E-state index in [-0.39, 0.29) is 29.8 Å². The van der Waals surface area contributed by atoms with E-state index in [1.54, 1.807) is 0 Å². The summed E-state index contributed by atoms with van der Waals surface area (Å²) in [6.45, 7) is 8.26. The second kappa shape index (κ2) is 8.26. The molecule has 2 aliphatic rings. The second-order valence-electron chi connectivity index (χ2n) is 10.00. The molecule has 32 heavy (non-hydrogen) atoms. The topological polar surface area (TPSA) is 91.7 Å². The Morgan fingerprint density at radius 3 is 2.62 bits per heavy atom. The fourth-order valence-electron chi connectivity index (χ4n) is 5.06. The first kappa shape index (κ1) is 22.4. The maximum absolute atomic E-state index is 13.2. The zero-order valence-electron chi connectivity index (χ0n) is 19.4. The summed E-state index contributed by atoms with van der Waals surface area (Å²) >= 11 is 0. The minimum absolute atomic E-state index is 0.222. The largest absolute Gasteiger partial charge is 0.459 e. The Hall–Kier alpha value is -2.83. The third-order valence-electron chi connectivity index (χ3n) is 7.65. The molecule has 7 heteroatoms. The summed E-state index contributed by atoms with van der Waals surface area (Å²) < 4.78 is 5.81. The SMILES string of the molecule is CCC(C)(C)C1CCC2(CC1)NC(=O)N(CC(=O)NC(C)c1cc3ccccc3o1)C2=O. The highest BCUT2D eigenvalue weighted by Crippen LogP contribution is 2.45. The Balaban J connectivity index is 1.37. The summed E-state index contributed by atoms with van der Waals surface area (Å²) in [7, 11) is 0. The molecule has 2 aromatic rings. The van der Waals surface area contributed by atoms with Crippen LogP contribution in [0.4, 0.5) is 4.79 Å². The standard InChI is InChI=1S/C25H33N3O4/c1-5-24(3,4)18-10-12-25(13-11-18)22(30)28(23(31)27-25)15-21(29)26-16(2)20-14-17-8-6-7-9-19(17)32-20/h6-9,14,16,18H,5,10-13,15H2,1-4H3,(H,26,29)(H,27,31). The minimum atomic E-state index is -0.859. The lowest BCUT2D eigenvalue weighted by molar-refractivity contribution is -0.136. The van der Waals surface area contributed by atoms with E-state index in [9.17, 15) is 14.4 Å². The van der Waals surface area contributed by atoms with Gasteiger partial charge in [-0.15, -0.1) is 0 Å². The van der Waals surface area contributed by atoms with E-state index in [2.05, 4.69) is 31.4 Å². The Morgan fingerprint density at radius 2 is 1.97 bits per heavy atom. The second-order valence-corrected chi connectivity index (χ2v) is 10.00. The number of fused-ring (bicyclic) bond motifs is 1. The highest BCUT2D eigenvalue weighted by atomic mass is 16.3. The van der Waals surface area contributed by atoms with E-state index in [4.69, 9.17) is 4.42 Å². The van der Waals surface area contributed by atoms with Gasteiger partial charge in [-0.05, 0) is 56.1 Å². The van der Waals surface area contributed by atoms with E-state index in [0.717, 1.165) is 35.1 Å². The van der Waals surface area contributed by atoms with Crippen LogP contribution in [0.2, 0.25) is 0 Å². The molecule has 1 aromatic carbocycles. The molecule has 1 saturated carbocycles. The number of rotatable bonds is 6. The lowest BCUT2D eigenvalue weighted by atomic mass is 9.65.